The fourth-order valence-corrected chi connectivity index (χ4v) is 1.66. The van der Waals surface area contributed by atoms with Crippen molar-refractivity contribution < 1.29 is 15.0 Å². The molecule has 0 bridgehead atoms. The Bertz CT molecular complexity index is 722. The number of nitro groups is 2. The highest BCUT2D eigenvalue weighted by Crippen LogP contribution is 2.28. The molecule has 0 aromatic heterocycles. The summed E-state index contributed by atoms with van der Waals surface area (Å²) in [6.07, 6.45) is 1.15. The van der Waals surface area contributed by atoms with Crippen molar-refractivity contribution in [2.75, 3.05) is 5.73 Å². The molecule has 0 spiro atoms. The van der Waals surface area contributed by atoms with E-state index in [0.29, 0.717) is 0 Å². The lowest BCUT2D eigenvalue weighted by Gasteiger charge is -2.01. The van der Waals surface area contributed by atoms with Crippen LogP contribution in [0.4, 0.5) is 22.7 Å². The topological polar surface area (TPSA) is 145 Å². The normalized spacial score (nSPS) is 10.7. The molecule has 0 aliphatic rings. The maximum atomic E-state index is 10.7. The van der Waals surface area contributed by atoms with Crippen LogP contribution in [-0.4, -0.2) is 21.2 Å². The lowest BCUT2D eigenvalue weighted by Crippen LogP contribution is -1.92. The third-order valence-electron chi connectivity index (χ3n) is 2.79. The third kappa shape index (κ3) is 3.15. The molecular formula is C13H10N4O5. The number of phenolic OH excluding ortho intramolecular Hbond substituents is 1. The van der Waals surface area contributed by atoms with Gasteiger partial charge >= 0.3 is 0 Å². The van der Waals surface area contributed by atoms with E-state index in [2.05, 4.69) is 4.99 Å². The number of benzene rings is 2. The number of non-ortho nitro benzene ring substituents is 2. The van der Waals surface area contributed by atoms with Gasteiger partial charge in [-0.15, -0.1) is 0 Å². The molecule has 0 aliphatic carbocycles. The molecule has 0 atom stereocenters. The van der Waals surface area contributed by atoms with Gasteiger partial charge in [0.25, 0.3) is 11.4 Å². The van der Waals surface area contributed by atoms with Gasteiger partial charge in [-0.05, 0) is 12.1 Å². The summed E-state index contributed by atoms with van der Waals surface area (Å²) >= 11 is 0. The number of aliphatic imine (C=N–C) groups is 1. The highest BCUT2D eigenvalue weighted by molar-refractivity contribution is 5.87. The molecule has 0 radical (unpaired) electrons. The quantitative estimate of drug-likeness (QED) is 0.384. The third-order valence-corrected chi connectivity index (χ3v) is 2.79. The zero-order valence-electron chi connectivity index (χ0n) is 11.0. The van der Waals surface area contributed by atoms with Gasteiger partial charge in [-0.25, -0.2) is 0 Å². The van der Waals surface area contributed by atoms with Crippen LogP contribution in [0.15, 0.2) is 41.4 Å². The minimum Gasteiger partial charge on any atom is -0.507 e. The first kappa shape index (κ1) is 14.9. The number of hydrogen-bond acceptors (Lipinski definition) is 7. The van der Waals surface area contributed by atoms with Gasteiger partial charge in [-0.3, -0.25) is 25.2 Å². The van der Waals surface area contributed by atoms with Crippen molar-refractivity contribution in [1.29, 1.82) is 0 Å². The summed E-state index contributed by atoms with van der Waals surface area (Å²) in [4.78, 5) is 24.1. The van der Waals surface area contributed by atoms with Crippen LogP contribution >= 0.6 is 0 Å². The number of nitrogen functional groups attached to an aromatic ring is 1. The molecule has 0 unspecified atom stereocenters. The van der Waals surface area contributed by atoms with Crippen LogP contribution in [0.25, 0.3) is 0 Å². The van der Waals surface area contributed by atoms with Crippen LogP contribution in [0.5, 0.6) is 5.75 Å². The van der Waals surface area contributed by atoms with Gasteiger partial charge < -0.3 is 10.8 Å². The number of phenols is 1. The Morgan fingerprint density at radius 1 is 1.05 bits per heavy atom. The van der Waals surface area contributed by atoms with E-state index in [0.717, 1.165) is 24.4 Å². The van der Waals surface area contributed by atoms with Crippen molar-refractivity contribution in [2.45, 2.75) is 0 Å². The minimum atomic E-state index is -0.613. The molecule has 0 aliphatic heterocycles. The Morgan fingerprint density at radius 3 is 2.27 bits per heavy atom. The smallest absolute Gasteiger partial charge is 0.271 e. The van der Waals surface area contributed by atoms with E-state index in [4.69, 9.17) is 5.73 Å². The Morgan fingerprint density at radius 2 is 1.64 bits per heavy atom. The Balaban J connectivity index is 2.40. The molecule has 2 rings (SSSR count). The lowest BCUT2D eigenvalue weighted by molar-refractivity contribution is -0.385. The van der Waals surface area contributed by atoms with E-state index >= 15 is 0 Å². The Labute approximate surface area is 123 Å². The van der Waals surface area contributed by atoms with E-state index in [9.17, 15) is 25.3 Å². The van der Waals surface area contributed by atoms with Gasteiger partial charge in [0.1, 0.15) is 5.75 Å². The van der Waals surface area contributed by atoms with E-state index in [1.54, 1.807) is 0 Å². The van der Waals surface area contributed by atoms with Crippen molar-refractivity contribution in [1.82, 2.24) is 0 Å². The van der Waals surface area contributed by atoms with Gasteiger partial charge in [0.15, 0.2) is 0 Å². The van der Waals surface area contributed by atoms with Crippen LogP contribution in [0.2, 0.25) is 0 Å². The van der Waals surface area contributed by atoms with Gasteiger partial charge in [0, 0.05) is 36.0 Å². The standard InChI is InChI=1S/C13H10N4O5/c14-11-3-1-10(17(21)22)6-12(11)15-7-8-5-9(16(19)20)2-4-13(8)18/h1-7,18H,14H2. The molecule has 22 heavy (non-hydrogen) atoms. The molecule has 0 heterocycles. The van der Waals surface area contributed by atoms with Crippen molar-refractivity contribution in [3.63, 3.8) is 0 Å². The predicted octanol–water partition coefficient (Wildman–Crippen LogP) is 2.54. The van der Waals surface area contributed by atoms with Gasteiger partial charge in [-0.2, -0.15) is 0 Å². The van der Waals surface area contributed by atoms with E-state index in [-0.39, 0.29) is 34.1 Å². The zero-order valence-corrected chi connectivity index (χ0v) is 11.0. The predicted molar refractivity (Wildman–Crippen MR) is 79.5 cm³/mol. The Hall–Kier alpha value is -3.49. The molecule has 2 aromatic carbocycles. The number of nitrogens with zero attached hydrogens (tertiary/aromatic N) is 3. The fraction of sp³-hybridized carbons (Fsp3) is 0. The minimum absolute atomic E-state index is 0.0973. The summed E-state index contributed by atoms with van der Waals surface area (Å²) in [5.41, 5.74) is 5.68. The van der Waals surface area contributed by atoms with Crippen LogP contribution in [0.1, 0.15) is 5.56 Å². The summed E-state index contributed by atoms with van der Waals surface area (Å²) in [5, 5.41) is 31.1. The summed E-state index contributed by atoms with van der Waals surface area (Å²) < 4.78 is 0. The molecule has 0 saturated heterocycles. The average molecular weight is 302 g/mol. The summed E-state index contributed by atoms with van der Waals surface area (Å²) in [7, 11) is 0. The number of hydrogen-bond donors (Lipinski definition) is 2. The van der Waals surface area contributed by atoms with Gasteiger partial charge in [0.05, 0.1) is 21.2 Å². The SMILES string of the molecule is Nc1ccc([N+](=O)[O-])cc1N=Cc1cc([N+](=O)[O-])ccc1O. The number of aromatic hydroxyl groups is 1. The molecule has 112 valence electrons. The number of rotatable bonds is 4. The highest BCUT2D eigenvalue weighted by Gasteiger charge is 2.10. The molecule has 3 N–H and O–H groups in total. The van der Waals surface area contributed by atoms with Crippen molar-refractivity contribution >= 4 is 29.0 Å². The van der Waals surface area contributed by atoms with Crippen LogP contribution in [0, 0.1) is 20.2 Å². The number of nitro benzene ring substituents is 2. The maximum Gasteiger partial charge on any atom is 0.271 e. The second-order valence-corrected chi connectivity index (χ2v) is 4.26. The van der Waals surface area contributed by atoms with Gasteiger partial charge in [-0.1, -0.05) is 0 Å². The van der Waals surface area contributed by atoms with E-state index in [1.807, 2.05) is 0 Å². The van der Waals surface area contributed by atoms with Gasteiger partial charge in [0.2, 0.25) is 0 Å². The monoisotopic (exact) mass is 302 g/mol. The van der Waals surface area contributed by atoms with Crippen molar-refractivity contribution in [2.24, 2.45) is 4.99 Å². The van der Waals surface area contributed by atoms with E-state index < -0.39 is 9.85 Å². The van der Waals surface area contributed by atoms with Crippen molar-refractivity contribution in [3.8, 4) is 5.75 Å². The van der Waals surface area contributed by atoms with Crippen LogP contribution in [0.3, 0.4) is 0 Å². The highest BCUT2D eigenvalue weighted by atomic mass is 16.6. The second-order valence-electron chi connectivity index (χ2n) is 4.26. The molecule has 0 saturated carbocycles. The van der Waals surface area contributed by atoms with Crippen LogP contribution in [-0.2, 0) is 0 Å². The Kier molecular flexibility index (Phi) is 3.98. The fourth-order valence-electron chi connectivity index (χ4n) is 1.66. The first-order chi connectivity index (χ1) is 10.4. The molecular weight excluding hydrogens is 292 g/mol. The zero-order chi connectivity index (χ0) is 16.3. The number of anilines is 1. The maximum absolute atomic E-state index is 10.7. The number of nitrogens with two attached hydrogens (primary N) is 1. The van der Waals surface area contributed by atoms with Crippen LogP contribution < -0.4 is 5.73 Å². The van der Waals surface area contributed by atoms with E-state index in [1.165, 1.54) is 18.2 Å². The summed E-state index contributed by atoms with van der Waals surface area (Å²) in [6.45, 7) is 0. The molecule has 0 fully saturated rings. The molecule has 2 aromatic rings. The molecule has 9 heteroatoms. The molecule has 0 amide bonds. The average Bonchev–Trinajstić information content (AvgIpc) is 2.47. The largest absolute Gasteiger partial charge is 0.507 e. The summed E-state index contributed by atoms with van der Waals surface area (Å²) in [5.74, 6) is -0.210. The lowest BCUT2D eigenvalue weighted by atomic mass is 10.2. The second kappa shape index (κ2) is 5.87. The first-order valence-corrected chi connectivity index (χ1v) is 5.94. The summed E-state index contributed by atoms with van der Waals surface area (Å²) in [6, 6.07) is 7.18. The molecule has 9 nitrogen and oxygen atoms in total. The van der Waals surface area contributed by atoms with Crippen molar-refractivity contribution in [3.05, 3.63) is 62.2 Å². The first-order valence-electron chi connectivity index (χ1n) is 5.94.